The molecule has 0 bridgehead atoms. The predicted molar refractivity (Wildman–Crippen MR) is 115 cm³/mol. The summed E-state index contributed by atoms with van der Waals surface area (Å²) >= 11 is 7.39. The topological polar surface area (TPSA) is 29.1 Å². The fourth-order valence-electron chi connectivity index (χ4n) is 2.88. The number of hydrogen-bond donors (Lipinski definition) is 1. The number of carbonyl (C=O) groups is 1. The van der Waals surface area contributed by atoms with E-state index < -0.39 is 0 Å². The van der Waals surface area contributed by atoms with E-state index in [1.54, 1.807) is 12.1 Å². The van der Waals surface area contributed by atoms with Gasteiger partial charge in [0.1, 0.15) is 5.82 Å². The molecule has 3 aromatic rings. The van der Waals surface area contributed by atoms with Gasteiger partial charge >= 0.3 is 0 Å². The first-order valence-corrected chi connectivity index (χ1v) is 10.5. The molecule has 0 aliphatic heterocycles. The molecule has 28 heavy (non-hydrogen) atoms. The largest absolute Gasteiger partial charge is 0.344 e. The van der Waals surface area contributed by atoms with Crippen LogP contribution in [-0.2, 0) is 10.5 Å². The fraction of sp³-hybridized carbons (Fsp3) is 0.174. The molecule has 1 amide bonds. The van der Waals surface area contributed by atoms with Crippen LogP contribution in [0, 0.1) is 12.7 Å². The van der Waals surface area contributed by atoms with Crippen molar-refractivity contribution >= 4 is 29.3 Å². The molecular weight excluding hydrogens is 393 g/mol. The SMILES string of the molecule is Cc1ccc([C@H](NC(=O)CSCc2c(F)cccc2Cl)c2ccccc2)cc1. The third-order valence-electron chi connectivity index (χ3n) is 4.39. The number of amides is 1. The molecule has 0 radical (unpaired) electrons. The number of carbonyl (C=O) groups excluding carboxylic acids is 1. The molecule has 0 aromatic heterocycles. The normalized spacial score (nSPS) is 11.8. The lowest BCUT2D eigenvalue weighted by molar-refractivity contribution is -0.119. The summed E-state index contributed by atoms with van der Waals surface area (Å²) in [6.07, 6.45) is 0. The third-order valence-corrected chi connectivity index (χ3v) is 5.70. The van der Waals surface area contributed by atoms with E-state index in [0.29, 0.717) is 16.3 Å². The van der Waals surface area contributed by atoms with Crippen molar-refractivity contribution in [3.63, 3.8) is 0 Å². The summed E-state index contributed by atoms with van der Waals surface area (Å²) in [6.45, 7) is 2.03. The quantitative estimate of drug-likeness (QED) is 0.520. The van der Waals surface area contributed by atoms with Crippen molar-refractivity contribution in [2.45, 2.75) is 18.7 Å². The van der Waals surface area contributed by atoms with Gasteiger partial charge in [0.05, 0.1) is 11.8 Å². The second kappa shape index (κ2) is 9.76. The van der Waals surface area contributed by atoms with Crippen molar-refractivity contribution in [2.75, 3.05) is 5.75 Å². The maximum absolute atomic E-state index is 13.9. The number of rotatable bonds is 7. The lowest BCUT2D eigenvalue weighted by atomic mass is 9.98. The fourth-order valence-corrected chi connectivity index (χ4v) is 4.06. The van der Waals surface area contributed by atoms with Crippen LogP contribution in [0.15, 0.2) is 72.8 Å². The molecular formula is C23H21ClFNOS. The van der Waals surface area contributed by atoms with Gasteiger partial charge in [-0.25, -0.2) is 4.39 Å². The smallest absolute Gasteiger partial charge is 0.230 e. The molecule has 1 atom stereocenters. The van der Waals surface area contributed by atoms with Crippen molar-refractivity contribution < 1.29 is 9.18 Å². The summed E-state index contributed by atoms with van der Waals surface area (Å²) in [4.78, 5) is 12.6. The van der Waals surface area contributed by atoms with Gasteiger partial charge in [-0.15, -0.1) is 11.8 Å². The lowest BCUT2D eigenvalue weighted by Crippen LogP contribution is -2.30. The monoisotopic (exact) mass is 413 g/mol. The van der Waals surface area contributed by atoms with Crippen molar-refractivity contribution in [2.24, 2.45) is 0 Å². The van der Waals surface area contributed by atoms with E-state index >= 15 is 0 Å². The highest BCUT2D eigenvalue weighted by atomic mass is 35.5. The van der Waals surface area contributed by atoms with Gasteiger partial charge in [0.2, 0.25) is 5.91 Å². The van der Waals surface area contributed by atoms with Crippen molar-refractivity contribution in [1.29, 1.82) is 0 Å². The van der Waals surface area contributed by atoms with Gasteiger partial charge in [0.25, 0.3) is 0 Å². The zero-order chi connectivity index (χ0) is 19.9. The van der Waals surface area contributed by atoms with Crippen LogP contribution in [0.1, 0.15) is 28.3 Å². The van der Waals surface area contributed by atoms with Gasteiger partial charge in [-0.05, 0) is 30.2 Å². The van der Waals surface area contributed by atoms with Gasteiger partial charge in [0, 0.05) is 16.3 Å². The van der Waals surface area contributed by atoms with Gasteiger partial charge in [0.15, 0.2) is 0 Å². The molecule has 0 fully saturated rings. The van der Waals surface area contributed by atoms with Crippen molar-refractivity contribution in [1.82, 2.24) is 5.32 Å². The first-order chi connectivity index (χ1) is 13.5. The van der Waals surface area contributed by atoms with Crippen LogP contribution >= 0.6 is 23.4 Å². The molecule has 3 rings (SSSR count). The van der Waals surface area contributed by atoms with Crippen LogP contribution in [0.2, 0.25) is 5.02 Å². The highest BCUT2D eigenvalue weighted by molar-refractivity contribution is 7.99. The Morgan fingerprint density at radius 3 is 2.36 bits per heavy atom. The van der Waals surface area contributed by atoms with E-state index in [-0.39, 0.29) is 23.5 Å². The lowest BCUT2D eigenvalue weighted by Gasteiger charge is -2.20. The van der Waals surface area contributed by atoms with Crippen LogP contribution in [0.25, 0.3) is 0 Å². The Bertz CT molecular complexity index is 911. The van der Waals surface area contributed by atoms with Crippen molar-refractivity contribution in [3.05, 3.63) is 106 Å². The summed E-state index contributed by atoms with van der Waals surface area (Å²) in [5.74, 6) is 0.119. The van der Waals surface area contributed by atoms with E-state index in [0.717, 1.165) is 11.1 Å². The van der Waals surface area contributed by atoms with Gasteiger partial charge in [-0.3, -0.25) is 4.79 Å². The molecule has 0 aliphatic rings. The second-order valence-corrected chi connectivity index (χ2v) is 7.91. The highest BCUT2D eigenvalue weighted by Gasteiger charge is 2.17. The van der Waals surface area contributed by atoms with Gasteiger partial charge < -0.3 is 5.32 Å². The Hall–Kier alpha value is -2.30. The minimum absolute atomic E-state index is 0.105. The Morgan fingerprint density at radius 1 is 1.00 bits per heavy atom. The molecule has 0 saturated carbocycles. The number of hydrogen-bond acceptors (Lipinski definition) is 2. The zero-order valence-electron chi connectivity index (χ0n) is 15.5. The minimum atomic E-state index is -0.345. The maximum atomic E-state index is 13.9. The van der Waals surface area contributed by atoms with Crippen LogP contribution in [-0.4, -0.2) is 11.7 Å². The van der Waals surface area contributed by atoms with Crippen LogP contribution in [0.3, 0.4) is 0 Å². The summed E-state index contributed by atoms with van der Waals surface area (Å²) in [6, 6.07) is 22.4. The third kappa shape index (κ3) is 5.37. The standard InChI is InChI=1S/C23H21ClFNOS/c1-16-10-12-18(13-11-16)23(17-6-3-2-4-7-17)26-22(27)15-28-14-19-20(24)8-5-9-21(19)25/h2-13,23H,14-15H2,1H3,(H,26,27)/t23-/m1/s1. The first-order valence-electron chi connectivity index (χ1n) is 8.96. The maximum Gasteiger partial charge on any atom is 0.230 e. The number of benzene rings is 3. The first kappa shape index (κ1) is 20.4. The summed E-state index contributed by atoms with van der Waals surface area (Å²) in [5.41, 5.74) is 3.63. The van der Waals surface area contributed by atoms with Crippen LogP contribution in [0.5, 0.6) is 0 Å². The summed E-state index contributed by atoms with van der Waals surface area (Å²) < 4.78 is 13.9. The summed E-state index contributed by atoms with van der Waals surface area (Å²) in [7, 11) is 0. The molecule has 1 N–H and O–H groups in total. The summed E-state index contributed by atoms with van der Waals surface area (Å²) in [5, 5.41) is 3.48. The average molecular weight is 414 g/mol. The Balaban J connectivity index is 1.67. The van der Waals surface area contributed by atoms with E-state index in [1.807, 2.05) is 61.5 Å². The molecule has 2 nitrogen and oxygen atoms in total. The molecule has 0 heterocycles. The van der Waals surface area contributed by atoms with E-state index in [1.165, 1.54) is 23.4 Å². The molecule has 5 heteroatoms. The van der Waals surface area contributed by atoms with E-state index in [9.17, 15) is 9.18 Å². The highest BCUT2D eigenvalue weighted by Crippen LogP contribution is 2.25. The molecule has 0 spiro atoms. The van der Waals surface area contributed by atoms with E-state index in [4.69, 9.17) is 11.6 Å². The second-order valence-electron chi connectivity index (χ2n) is 6.51. The number of halogens is 2. The minimum Gasteiger partial charge on any atom is -0.344 e. The number of thioether (sulfide) groups is 1. The zero-order valence-corrected chi connectivity index (χ0v) is 17.1. The van der Waals surface area contributed by atoms with Crippen LogP contribution in [0.4, 0.5) is 4.39 Å². The number of aryl methyl sites for hydroxylation is 1. The molecule has 144 valence electrons. The predicted octanol–water partition coefficient (Wildman–Crippen LogP) is 5.93. The Morgan fingerprint density at radius 2 is 1.68 bits per heavy atom. The molecule has 0 aliphatic carbocycles. The molecule has 0 saturated heterocycles. The van der Waals surface area contributed by atoms with Crippen LogP contribution < -0.4 is 5.32 Å². The molecule has 0 unspecified atom stereocenters. The van der Waals surface area contributed by atoms with Crippen molar-refractivity contribution in [3.8, 4) is 0 Å². The molecule has 3 aromatic carbocycles. The van der Waals surface area contributed by atoms with E-state index in [2.05, 4.69) is 5.32 Å². The van der Waals surface area contributed by atoms with Gasteiger partial charge in [-0.1, -0.05) is 77.8 Å². The Kier molecular flexibility index (Phi) is 7.12. The average Bonchev–Trinajstić information content (AvgIpc) is 2.70. The van der Waals surface area contributed by atoms with Gasteiger partial charge in [-0.2, -0.15) is 0 Å². The Labute approximate surface area is 174 Å². The number of nitrogens with one attached hydrogen (secondary N) is 1.